The summed E-state index contributed by atoms with van der Waals surface area (Å²) in [5, 5.41) is 14.8. The first-order valence-corrected chi connectivity index (χ1v) is 8.35. The van der Waals surface area contributed by atoms with Crippen molar-refractivity contribution in [2.75, 3.05) is 6.61 Å². The van der Waals surface area contributed by atoms with E-state index < -0.39 is 23.3 Å². The van der Waals surface area contributed by atoms with Gasteiger partial charge < -0.3 is 9.26 Å². The number of nitrogens with zero attached hydrogens (tertiary/aromatic N) is 3. The summed E-state index contributed by atoms with van der Waals surface area (Å²) in [5.41, 5.74) is 1.59. The fourth-order valence-corrected chi connectivity index (χ4v) is 2.89. The van der Waals surface area contributed by atoms with Crippen LogP contribution in [0.2, 0.25) is 0 Å². The van der Waals surface area contributed by atoms with Crippen molar-refractivity contribution in [2.45, 2.75) is 20.8 Å². The molecule has 0 aliphatic rings. The lowest BCUT2D eigenvalue weighted by Gasteiger charge is -2.06. The van der Waals surface area contributed by atoms with Gasteiger partial charge in [0, 0.05) is 35.2 Å². The Morgan fingerprint density at radius 2 is 1.96 bits per heavy atom. The first-order valence-electron chi connectivity index (χ1n) is 8.35. The third-order valence-electron chi connectivity index (χ3n) is 4.20. The van der Waals surface area contributed by atoms with Crippen molar-refractivity contribution < 1.29 is 23.8 Å². The quantitative estimate of drug-likeness (QED) is 0.277. The first kappa shape index (κ1) is 19.0. The number of ketones is 1. The zero-order chi connectivity index (χ0) is 20.4. The van der Waals surface area contributed by atoms with Gasteiger partial charge in [-0.2, -0.15) is 0 Å². The molecule has 2 aromatic heterocycles. The molecular formula is C19H17N3O6. The van der Waals surface area contributed by atoms with Gasteiger partial charge in [0.2, 0.25) is 5.78 Å². The highest BCUT2D eigenvalue weighted by atomic mass is 16.6. The maximum atomic E-state index is 12.5. The van der Waals surface area contributed by atoms with Crippen LogP contribution in [0.1, 0.15) is 37.9 Å². The van der Waals surface area contributed by atoms with Crippen molar-refractivity contribution >= 4 is 17.4 Å². The number of esters is 1. The number of carbonyl (C=O) groups excluding carboxylic acids is 2. The molecular weight excluding hydrogens is 366 g/mol. The standard InChI is InChI=1S/C19H17N3O6/c1-11-7-16(13(3)21(11)18-8-12(2)28-20-18)17(23)10-27-19(24)14-5-4-6-15(9-14)22(25)26/h4-9H,10H2,1-3H3. The summed E-state index contributed by atoms with van der Waals surface area (Å²) in [6.45, 7) is 4.86. The molecule has 0 saturated heterocycles. The van der Waals surface area contributed by atoms with E-state index in [2.05, 4.69) is 5.16 Å². The van der Waals surface area contributed by atoms with E-state index in [0.29, 0.717) is 22.8 Å². The van der Waals surface area contributed by atoms with Crippen molar-refractivity contribution in [3.63, 3.8) is 0 Å². The topological polar surface area (TPSA) is 117 Å². The van der Waals surface area contributed by atoms with E-state index >= 15 is 0 Å². The number of hydrogen-bond donors (Lipinski definition) is 0. The van der Waals surface area contributed by atoms with Gasteiger partial charge in [-0.25, -0.2) is 4.79 Å². The van der Waals surface area contributed by atoms with Gasteiger partial charge in [0.15, 0.2) is 12.4 Å². The molecule has 28 heavy (non-hydrogen) atoms. The third-order valence-corrected chi connectivity index (χ3v) is 4.20. The number of non-ortho nitro benzene ring substituents is 1. The number of ether oxygens (including phenoxy) is 1. The molecule has 0 amide bonds. The van der Waals surface area contributed by atoms with Crippen molar-refractivity contribution in [1.29, 1.82) is 0 Å². The largest absolute Gasteiger partial charge is 0.454 e. The maximum absolute atomic E-state index is 12.5. The summed E-state index contributed by atoms with van der Waals surface area (Å²) in [6, 6.07) is 8.57. The molecule has 9 heteroatoms. The fraction of sp³-hybridized carbons (Fsp3) is 0.211. The molecule has 0 radical (unpaired) electrons. The van der Waals surface area contributed by atoms with Crippen molar-refractivity contribution in [3.8, 4) is 5.82 Å². The van der Waals surface area contributed by atoms with E-state index in [1.54, 1.807) is 30.5 Å². The average molecular weight is 383 g/mol. The van der Waals surface area contributed by atoms with Gasteiger partial charge in [0.1, 0.15) is 5.76 Å². The second-order valence-electron chi connectivity index (χ2n) is 6.22. The highest BCUT2D eigenvalue weighted by molar-refractivity contribution is 6.00. The molecule has 1 aromatic carbocycles. The van der Waals surface area contributed by atoms with E-state index in [9.17, 15) is 19.7 Å². The summed E-state index contributed by atoms with van der Waals surface area (Å²) in [7, 11) is 0. The molecule has 0 bridgehead atoms. The lowest BCUT2D eigenvalue weighted by Crippen LogP contribution is -2.15. The monoisotopic (exact) mass is 383 g/mol. The van der Waals surface area contributed by atoms with Crippen LogP contribution in [0.25, 0.3) is 5.82 Å². The average Bonchev–Trinajstić information content (AvgIpc) is 3.21. The molecule has 0 unspecified atom stereocenters. The highest BCUT2D eigenvalue weighted by Crippen LogP contribution is 2.21. The Balaban J connectivity index is 1.74. The Bertz CT molecular complexity index is 1080. The molecule has 0 spiro atoms. The molecule has 0 N–H and O–H groups in total. The minimum Gasteiger partial charge on any atom is -0.454 e. The molecule has 0 aliphatic carbocycles. The molecule has 0 aliphatic heterocycles. The molecule has 0 saturated carbocycles. The van der Waals surface area contributed by atoms with E-state index in [4.69, 9.17) is 9.26 Å². The number of carbonyl (C=O) groups is 2. The van der Waals surface area contributed by atoms with Crippen LogP contribution in [-0.2, 0) is 4.74 Å². The molecule has 9 nitrogen and oxygen atoms in total. The van der Waals surface area contributed by atoms with Gasteiger partial charge >= 0.3 is 5.97 Å². The minimum atomic E-state index is -0.807. The number of benzene rings is 1. The third kappa shape index (κ3) is 3.68. The zero-order valence-electron chi connectivity index (χ0n) is 15.5. The number of Topliss-reactive ketones (excluding diaryl/α,β-unsaturated/α-hetero) is 1. The second-order valence-corrected chi connectivity index (χ2v) is 6.22. The normalized spacial score (nSPS) is 10.7. The number of aryl methyl sites for hydroxylation is 2. The van der Waals surface area contributed by atoms with Crippen LogP contribution in [0.4, 0.5) is 5.69 Å². The van der Waals surface area contributed by atoms with Gasteiger partial charge in [0.25, 0.3) is 5.69 Å². The molecule has 0 fully saturated rings. The van der Waals surface area contributed by atoms with Crippen LogP contribution >= 0.6 is 0 Å². The smallest absolute Gasteiger partial charge is 0.338 e. The molecule has 144 valence electrons. The van der Waals surface area contributed by atoms with Gasteiger partial charge in [-0.3, -0.25) is 19.5 Å². The van der Waals surface area contributed by atoms with Gasteiger partial charge in [-0.1, -0.05) is 11.2 Å². The predicted octanol–water partition coefficient (Wildman–Crippen LogP) is 3.34. The first-order chi connectivity index (χ1) is 13.3. The summed E-state index contributed by atoms with van der Waals surface area (Å²) < 4.78 is 11.9. The van der Waals surface area contributed by atoms with Crippen LogP contribution in [0.3, 0.4) is 0 Å². The van der Waals surface area contributed by atoms with Gasteiger partial charge in [-0.15, -0.1) is 0 Å². The Kier molecular flexibility index (Phi) is 5.08. The van der Waals surface area contributed by atoms with E-state index in [0.717, 1.165) is 11.8 Å². The predicted molar refractivity (Wildman–Crippen MR) is 97.8 cm³/mol. The lowest BCUT2D eigenvalue weighted by molar-refractivity contribution is -0.384. The number of hydrogen-bond acceptors (Lipinski definition) is 7. The molecule has 0 atom stereocenters. The van der Waals surface area contributed by atoms with Crippen LogP contribution in [0, 0.1) is 30.9 Å². The number of nitro benzene ring substituents is 1. The summed E-state index contributed by atoms with van der Waals surface area (Å²) in [4.78, 5) is 34.8. The lowest BCUT2D eigenvalue weighted by atomic mass is 10.1. The minimum absolute atomic E-state index is 0.00513. The number of nitro groups is 1. The zero-order valence-corrected chi connectivity index (χ0v) is 15.5. The molecule has 2 heterocycles. The van der Waals surface area contributed by atoms with Crippen LogP contribution in [-0.4, -0.2) is 33.0 Å². The van der Waals surface area contributed by atoms with Crippen LogP contribution < -0.4 is 0 Å². The Labute approximate surface area is 159 Å². The van der Waals surface area contributed by atoms with Crippen LogP contribution in [0.5, 0.6) is 0 Å². The Morgan fingerprint density at radius 3 is 2.61 bits per heavy atom. The summed E-state index contributed by atoms with van der Waals surface area (Å²) >= 11 is 0. The Hall–Kier alpha value is -3.75. The highest BCUT2D eigenvalue weighted by Gasteiger charge is 2.20. The fourth-order valence-electron chi connectivity index (χ4n) is 2.89. The van der Waals surface area contributed by atoms with E-state index in [1.807, 2.05) is 6.92 Å². The molecule has 3 rings (SSSR count). The second kappa shape index (κ2) is 7.47. The van der Waals surface area contributed by atoms with E-state index in [-0.39, 0.29) is 11.3 Å². The summed E-state index contributed by atoms with van der Waals surface area (Å²) in [5.74, 6) is -0.00210. The number of aromatic nitrogens is 2. The summed E-state index contributed by atoms with van der Waals surface area (Å²) in [6.07, 6.45) is 0. The van der Waals surface area contributed by atoms with Crippen molar-refractivity contribution in [3.05, 3.63) is 74.8 Å². The Morgan fingerprint density at radius 1 is 1.21 bits per heavy atom. The SMILES string of the molecule is Cc1cc(-n2c(C)cc(C(=O)COC(=O)c3cccc([N+](=O)[O-])c3)c2C)no1. The van der Waals surface area contributed by atoms with E-state index in [1.165, 1.54) is 18.2 Å². The van der Waals surface area contributed by atoms with Gasteiger partial charge in [-0.05, 0) is 32.9 Å². The van der Waals surface area contributed by atoms with Crippen LogP contribution in [0.15, 0.2) is 40.9 Å². The maximum Gasteiger partial charge on any atom is 0.338 e. The number of rotatable bonds is 6. The van der Waals surface area contributed by atoms with Gasteiger partial charge in [0.05, 0.1) is 10.5 Å². The van der Waals surface area contributed by atoms with Crippen molar-refractivity contribution in [2.24, 2.45) is 0 Å². The van der Waals surface area contributed by atoms with Crippen molar-refractivity contribution in [1.82, 2.24) is 9.72 Å². The molecule has 3 aromatic rings.